The first-order valence-electron chi connectivity index (χ1n) is 40.1. The molecule has 0 radical (unpaired) electrons. The second-order valence-corrected chi connectivity index (χ2v) is 31.6. The maximum absolute atomic E-state index is 13.7. The summed E-state index contributed by atoms with van der Waals surface area (Å²) in [6.07, 6.45) is -97.3. The summed E-state index contributed by atoms with van der Waals surface area (Å²) < 4.78 is 120. The highest BCUT2D eigenvalue weighted by atomic mass is 16.8. The standard InChI is InChI=1S/C70H118N4O51/c1-17-34(88)41(95)45(99)65(107-17)121-56-32(73-20(4)86)62(124-59-38(92)24(8-77)110-68(49(59)103)118-53-28(12-81)116-64(48(102)44(53)98)106-15-22(6-75)71-16-84)114-30(14-83)55(56)120-70-51(105)60(39(93)26(10-79)112-70)125-63-33(74-21(5)87)57(122-66-46(100)42(96)35(89)18(2)108-66)54(29(13-82)115-63)119-69-50(104)58(37(91)25(9-78)111-69)123-61-31(72-19(3)85)40(94)52(27(11-80)113-61)117-67-47(101)43(97)36(90)23(7-76)109-67/h16-18,22-70,75-83,88-105H,6-15H2,1-5H3,(H,71,84)(H,72,85)(H,73,86)(H,74,87)/t17-,18-,22+,23+,24+,25+,26+,27+,28+,29+,30+,31+,32+,33+,34+,35+,36-,37-,38-,39-,40+,41+,42+,43-,44+,45-,46-,47+,48+,49+,50+,51+,52+,53+,54+,55+,56+,57+,58-,59-,60-,61-,62-,63-,64+,65-,66-,67-,68-,69-,70-/m0/s1. The Bertz CT molecular complexity index is 3330. The Labute approximate surface area is 708 Å². The van der Waals surface area contributed by atoms with Crippen molar-refractivity contribution in [3.8, 4) is 0 Å². The van der Waals surface area contributed by atoms with Crippen LogP contribution in [0.5, 0.6) is 0 Å². The van der Waals surface area contributed by atoms with Gasteiger partial charge in [0.05, 0.1) is 84.3 Å². The van der Waals surface area contributed by atoms with Crippen molar-refractivity contribution in [2.24, 2.45) is 0 Å². The first kappa shape index (κ1) is 103. The highest BCUT2D eigenvalue weighted by Crippen LogP contribution is 2.42. The van der Waals surface area contributed by atoms with Gasteiger partial charge < -0.3 is 254 Å². The number of rotatable bonds is 35. The first-order chi connectivity index (χ1) is 59.3. The molecule has 51 atom stereocenters. The van der Waals surface area contributed by atoms with Gasteiger partial charge in [-0.1, -0.05) is 0 Å². The normalized spacial score (nSPS) is 49.1. The zero-order valence-electron chi connectivity index (χ0n) is 67.5. The van der Waals surface area contributed by atoms with E-state index in [1.807, 2.05) is 0 Å². The van der Waals surface area contributed by atoms with Crippen LogP contribution in [0.2, 0.25) is 0 Å². The molecule has 10 saturated heterocycles. The number of hydrogen-bond acceptors (Lipinski definition) is 51. The highest BCUT2D eigenvalue weighted by molar-refractivity contribution is 5.74. The average molecular weight is 1830 g/mol. The quantitative estimate of drug-likeness (QED) is 0.0262. The molecule has 0 aromatic heterocycles. The number of nitrogens with one attached hydrogen (secondary N) is 4. The largest absolute Gasteiger partial charge is 0.394 e. The number of ether oxygens (including phenoxy) is 20. The lowest BCUT2D eigenvalue weighted by Gasteiger charge is -2.53. The lowest BCUT2D eigenvalue weighted by Crippen LogP contribution is -2.72. The number of carbonyl (C=O) groups excluding carboxylic acids is 4. The van der Waals surface area contributed by atoms with Gasteiger partial charge in [0.25, 0.3) is 0 Å². The van der Waals surface area contributed by atoms with Crippen LogP contribution in [0.4, 0.5) is 0 Å². The van der Waals surface area contributed by atoms with Crippen molar-refractivity contribution in [1.82, 2.24) is 21.3 Å². The molecule has 10 rings (SSSR count). The summed E-state index contributed by atoms with van der Waals surface area (Å²) in [5.41, 5.74) is 0. The van der Waals surface area contributed by atoms with Crippen LogP contribution in [-0.2, 0) is 114 Å². The monoisotopic (exact) mass is 1830 g/mol. The molecular formula is C70H118N4O51. The molecule has 10 aliphatic heterocycles. The molecule has 55 nitrogen and oxygen atoms in total. The molecule has 0 saturated carbocycles. The summed E-state index contributed by atoms with van der Waals surface area (Å²) >= 11 is 0. The Morgan fingerprint density at radius 2 is 0.528 bits per heavy atom. The first-order valence-corrected chi connectivity index (χ1v) is 40.1. The number of carbonyl (C=O) groups is 4. The molecule has 0 bridgehead atoms. The van der Waals surface area contributed by atoms with Crippen molar-refractivity contribution in [2.75, 3.05) is 66.1 Å². The van der Waals surface area contributed by atoms with E-state index in [2.05, 4.69) is 21.3 Å². The topological polar surface area (TPSA) is 847 Å². The van der Waals surface area contributed by atoms with E-state index in [4.69, 9.17) is 94.7 Å². The van der Waals surface area contributed by atoms with Crippen molar-refractivity contribution in [1.29, 1.82) is 0 Å². The van der Waals surface area contributed by atoms with E-state index in [0.717, 1.165) is 20.8 Å². The highest BCUT2D eigenvalue weighted by Gasteiger charge is 2.63. The van der Waals surface area contributed by atoms with Gasteiger partial charge >= 0.3 is 0 Å². The second kappa shape index (κ2) is 45.6. The summed E-state index contributed by atoms with van der Waals surface area (Å²) in [7, 11) is 0. The minimum atomic E-state index is -2.56. The summed E-state index contributed by atoms with van der Waals surface area (Å²) in [6, 6.07) is -7.11. The van der Waals surface area contributed by atoms with Crippen LogP contribution in [0.3, 0.4) is 0 Å². The second-order valence-electron chi connectivity index (χ2n) is 31.6. The Balaban J connectivity index is 0.953. The smallest absolute Gasteiger partial charge is 0.217 e. The molecule has 724 valence electrons. The molecule has 0 spiro atoms. The molecule has 0 unspecified atom stereocenters. The summed E-state index contributed by atoms with van der Waals surface area (Å²) in [6.45, 7) is -5.19. The van der Waals surface area contributed by atoms with Crippen LogP contribution in [0.1, 0.15) is 34.6 Å². The fourth-order valence-electron chi connectivity index (χ4n) is 16.1. The van der Waals surface area contributed by atoms with Gasteiger partial charge in [0, 0.05) is 20.8 Å². The molecule has 10 fully saturated rings. The Morgan fingerprint density at radius 1 is 0.272 bits per heavy atom. The van der Waals surface area contributed by atoms with Crippen LogP contribution in [0.15, 0.2) is 0 Å². The summed E-state index contributed by atoms with van der Waals surface area (Å²) in [5.74, 6) is -3.00. The van der Waals surface area contributed by atoms with Crippen LogP contribution in [0, 0.1) is 0 Å². The molecule has 10 aliphatic rings. The van der Waals surface area contributed by atoms with Crippen LogP contribution in [-0.4, -0.2) is 541 Å². The zero-order valence-corrected chi connectivity index (χ0v) is 67.5. The third-order valence-electron chi connectivity index (χ3n) is 23.0. The van der Waals surface area contributed by atoms with Gasteiger partial charge in [-0.3, -0.25) is 19.2 Å². The molecule has 31 N–H and O–H groups in total. The van der Waals surface area contributed by atoms with E-state index < -0.39 is 397 Å². The molecule has 0 aliphatic carbocycles. The maximum Gasteiger partial charge on any atom is 0.217 e. The van der Waals surface area contributed by atoms with Crippen LogP contribution in [0.25, 0.3) is 0 Å². The molecule has 0 aromatic rings. The van der Waals surface area contributed by atoms with Gasteiger partial charge in [0.2, 0.25) is 24.1 Å². The zero-order chi connectivity index (χ0) is 91.9. The fourth-order valence-corrected chi connectivity index (χ4v) is 16.1. The SMILES string of the molecule is CC(=O)N[C@H]1[C@H](O[C@H]2[C@@H](O)[C@@H](CO)O[C@@H](O[C@H]3[C@H](O[C@@H]4O[C@@H](C)[C@@H](O)[C@@H](O)[C@@H]4O)[C@@H](NC(C)=O)[C@H](O[C@H]4[C@@H](O)[C@@H](CO)O[C@@H](O[C@H]5[C@H](O[C@@H]6O[C@@H](C)[C@@H](O)[C@@H](O)[C@@H]6O)[C@@H](NC(C)=O)[C@H](O[C@H]6[C@@H](O)[C@@H](CO)O[C@@H](O[C@H]7[C@H](O)[C@@H](O)[C@H](OC[C@@H](CO)NC=O)O[C@@H]7CO)[C@@H]6O)O[C@@H]5CO)[C@@H]4O)O[C@@H]3CO)[C@@H]2O)O[C@H](CO)[C@@H](O[C@@H]2O[C@H](CO)[C@H](O)[C@H](O)[C@H]2O)[C@@H]1O. The molecule has 125 heavy (non-hydrogen) atoms. The molecule has 0 aromatic carbocycles. The number of hydrogen-bond donors (Lipinski definition) is 31. The Kier molecular flexibility index (Phi) is 37.6. The maximum atomic E-state index is 13.7. The van der Waals surface area contributed by atoms with E-state index >= 15 is 0 Å². The third-order valence-corrected chi connectivity index (χ3v) is 23.0. The number of aliphatic hydroxyl groups excluding tert-OH is 27. The average Bonchev–Trinajstić information content (AvgIpc) is 0.758. The lowest BCUT2D eigenvalue weighted by molar-refractivity contribution is -0.402. The van der Waals surface area contributed by atoms with Gasteiger partial charge in [0.1, 0.15) is 232 Å². The van der Waals surface area contributed by atoms with Crippen molar-refractivity contribution in [3.63, 3.8) is 0 Å². The van der Waals surface area contributed by atoms with Gasteiger partial charge in [0.15, 0.2) is 62.9 Å². The summed E-state index contributed by atoms with van der Waals surface area (Å²) in [4.78, 5) is 51.2. The molecule has 4 amide bonds. The van der Waals surface area contributed by atoms with E-state index in [1.165, 1.54) is 13.8 Å². The van der Waals surface area contributed by atoms with Crippen molar-refractivity contribution in [3.05, 3.63) is 0 Å². The van der Waals surface area contributed by atoms with Gasteiger partial charge in [-0.2, -0.15) is 0 Å². The van der Waals surface area contributed by atoms with E-state index in [9.17, 15) is 157 Å². The Morgan fingerprint density at radius 3 is 0.864 bits per heavy atom. The van der Waals surface area contributed by atoms with Gasteiger partial charge in [-0.25, -0.2) is 0 Å². The van der Waals surface area contributed by atoms with Crippen LogP contribution >= 0.6 is 0 Å². The molecule has 10 heterocycles. The number of aliphatic hydroxyl groups is 27. The third kappa shape index (κ3) is 22.9. The fraction of sp³-hybridized carbons (Fsp3) is 0.943. The van der Waals surface area contributed by atoms with E-state index in [0.29, 0.717) is 0 Å². The predicted molar refractivity (Wildman–Crippen MR) is 385 cm³/mol. The van der Waals surface area contributed by atoms with Gasteiger partial charge in [-0.05, 0) is 13.8 Å². The van der Waals surface area contributed by atoms with Crippen molar-refractivity contribution >= 4 is 24.1 Å². The lowest BCUT2D eigenvalue weighted by atomic mass is 9.93. The van der Waals surface area contributed by atoms with Crippen molar-refractivity contribution in [2.45, 2.75) is 348 Å². The van der Waals surface area contributed by atoms with E-state index in [-0.39, 0.29) is 6.41 Å². The Hall–Kier alpha value is -4.00. The van der Waals surface area contributed by atoms with Crippen molar-refractivity contribution < 1.29 is 252 Å². The predicted octanol–water partition coefficient (Wildman–Crippen LogP) is -21.2. The van der Waals surface area contributed by atoms with E-state index in [1.54, 1.807) is 0 Å². The number of amides is 4. The summed E-state index contributed by atoms with van der Waals surface area (Å²) in [5, 5.41) is 311. The van der Waals surface area contributed by atoms with Gasteiger partial charge in [-0.15, -0.1) is 0 Å². The minimum Gasteiger partial charge on any atom is -0.394 e. The minimum absolute atomic E-state index is 0.240. The molecular weight excluding hydrogens is 1710 g/mol. The van der Waals surface area contributed by atoms with Crippen LogP contribution < -0.4 is 21.3 Å². The molecule has 55 heteroatoms.